The molecule has 1 aromatic carbocycles. The number of carbonyl (C=O) groups is 1. The Labute approximate surface area is 106 Å². The minimum absolute atomic E-state index is 0.210. The molecule has 2 rings (SSSR count). The average molecular weight is 250 g/mol. The number of aryl methyl sites for hydroxylation is 1. The van der Waals surface area contributed by atoms with E-state index in [0.717, 1.165) is 19.3 Å². The van der Waals surface area contributed by atoms with Gasteiger partial charge in [-0.05, 0) is 25.3 Å². The van der Waals surface area contributed by atoms with Crippen molar-refractivity contribution in [2.45, 2.75) is 44.4 Å². The largest absolute Gasteiger partial charge is 0.504 e. The number of phenols is 2. The molecule has 0 radical (unpaired) electrons. The summed E-state index contributed by atoms with van der Waals surface area (Å²) in [6.07, 6.45) is 3.71. The molecule has 98 valence electrons. The van der Waals surface area contributed by atoms with Crippen molar-refractivity contribution in [3.8, 4) is 11.5 Å². The number of benzene rings is 1. The highest BCUT2D eigenvalue weighted by atomic mass is 16.4. The molecule has 0 bridgehead atoms. The van der Waals surface area contributed by atoms with Gasteiger partial charge in [-0.25, -0.2) is 0 Å². The molecule has 0 heterocycles. The van der Waals surface area contributed by atoms with Crippen molar-refractivity contribution in [1.29, 1.82) is 0 Å². The smallest absolute Gasteiger partial charge is 0.314 e. The molecule has 0 spiro atoms. The molecule has 0 atom stereocenters. The molecule has 0 amide bonds. The van der Waals surface area contributed by atoms with Gasteiger partial charge in [0.25, 0.3) is 0 Å². The second kappa shape index (κ2) is 4.52. The van der Waals surface area contributed by atoms with Crippen molar-refractivity contribution >= 4 is 5.97 Å². The Hall–Kier alpha value is -1.71. The molecule has 18 heavy (non-hydrogen) atoms. The maximum Gasteiger partial charge on any atom is 0.314 e. The Bertz CT molecular complexity index is 473. The second-order valence-electron chi connectivity index (χ2n) is 5.08. The van der Waals surface area contributed by atoms with Crippen LogP contribution in [0.25, 0.3) is 0 Å². The van der Waals surface area contributed by atoms with Crippen LogP contribution < -0.4 is 0 Å². The maximum atomic E-state index is 11.6. The van der Waals surface area contributed by atoms with Gasteiger partial charge in [0.05, 0.1) is 5.41 Å². The molecule has 1 aliphatic rings. The van der Waals surface area contributed by atoms with Crippen molar-refractivity contribution in [3.05, 3.63) is 23.3 Å². The molecule has 0 aliphatic heterocycles. The van der Waals surface area contributed by atoms with E-state index < -0.39 is 11.4 Å². The summed E-state index contributed by atoms with van der Waals surface area (Å²) in [5.41, 5.74) is -0.154. The number of carboxylic acids is 1. The highest BCUT2D eigenvalue weighted by Gasteiger charge is 2.43. The van der Waals surface area contributed by atoms with Gasteiger partial charge in [-0.3, -0.25) is 4.79 Å². The van der Waals surface area contributed by atoms with Gasteiger partial charge in [0.1, 0.15) is 0 Å². The summed E-state index contributed by atoms with van der Waals surface area (Å²) >= 11 is 0. The minimum atomic E-state index is -1.05. The molecular formula is C14H18O4. The number of carboxylic acid groups (broad SMARTS) is 1. The number of rotatable bonds is 2. The summed E-state index contributed by atoms with van der Waals surface area (Å²) < 4.78 is 0. The van der Waals surface area contributed by atoms with Crippen molar-refractivity contribution in [2.75, 3.05) is 0 Å². The van der Waals surface area contributed by atoms with Crippen LogP contribution in [0.1, 0.15) is 43.2 Å². The lowest BCUT2D eigenvalue weighted by molar-refractivity contribution is -0.145. The Balaban J connectivity index is 2.56. The fourth-order valence-electron chi connectivity index (χ4n) is 2.82. The molecule has 3 N–H and O–H groups in total. The zero-order valence-electron chi connectivity index (χ0n) is 10.4. The second-order valence-corrected chi connectivity index (χ2v) is 5.08. The first kappa shape index (κ1) is 12.7. The lowest BCUT2D eigenvalue weighted by Crippen LogP contribution is -2.37. The summed E-state index contributed by atoms with van der Waals surface area (Å²) in [4.78, 5) is 11.6. The van der Waals surface area contributed by atoms with Gasteiger partial charge in [-0.15, -0.1) is 0 Å². The van der Waals surface area contributed by atoms with Gasteiger partial charge < -0.3 is 15.3 Å². The predicted octanol–water partition coefficient (Wildman–Crippen LogP) is 2.69. The van der Waals surface area contributed by atoms with E-state index in [1.807, 2.05) is 0 Å². The summed E-state index contributed by atoms with van der Waals surface area (Å²) in [6.45, 7) is 1.67. The first-order valence-electron chi connectivity index (χ1n) is 6.24. The fraction of sp³-hybridized carbons (Fsp3) is 0.500. The fourth-order valence-corrected chi connectivity index (χ4v) is 2.82. The first-order chi connectivity index (χ1) is 8.49. The van der Waals surface area contributed by atoms with Crippen LogP contribution in [0.2, 0.25) is 0 Å². The Morgan fingerprint density at radius 3 is 2.28 bits per heavy atom. The maximum absolute atomic E-state index is 11.6. The van der Waals surface area contributed by atoms with E-state index in [4.69, 9.17) is 0 Å². The van der Waals surface area contributed by atoms with Gasteiger partial charge in [0.2, 0.25) is 0 Å². The highest BCUT2D eigenvalue weighted by Crippen LogP contribution is 2.46. The topological polar surface area (TPSA) is 77.8 Å². The third kappa shape index (κ3) is 1.82. The van der Waals surface area contributed by atoms with E-state index in [9.17, 15) is 20.1 Å². The zero-order valence-corrected chi connectivity index (χ0v) is 10.4. The number of hydrogen-bond donors (Lipinski definition) is 3. The quantitative estimate of drug-likeness (QED) is 0.705. The van der Waals surface area contributed by atoms with Crippen molar-refractivity contribution in [1.82, 2.24) is 0 Å². The van der Waals surface area contributed by atoms with Gasteiger partial charge in [-0.2, -0.15) is 0 Å². The lowest BCUT2D eigenvalue weighted by atomic mass is 9.69. The van der Waals surface area contributed by atoms with Crippen LogP contribution in [0, 0.1) is 6.92 Å². The molecule has 0 unspecified atom stereocenters. The van der Waals surface area contributed by atoms with Crippen LogP contribution in [0.5, 0.6) is 11.5 Å². The third-order valence-electron chi connectivity index (χ3n) is 3.99. The Morgan fingerprint density at radius 1 is 1.11 bits per heavy atom. The molecule has 4 heteroatoms. The molecule has 1 aliphatic carbocycles. The monoisotopic (exact) mass is 250 g/mol. The van der Waals surface area contributed by atoms with Crippen LogP contribution >= 0.6 is 0 Å². The average Bonchev–Trinajstić information content (AvgIpc) is 2.37. The molecular weight excluding hydrogens is 232 g/mol. The van der Waals surface area contributed by atoms with Crippen molar-refractivity contribution < 1.29 is 20.1 Å². The lowest BCUT2D eigenvalue weighted by Gasteiger charge is -2.34. The number of hydrogen-bond acceptors (Lipinski definition) is 3. The van der Waals surface area contributed by atoms with Gasteiger partial charge in [-0.1, -0.05) is 31.4 Å². The Kier molecular flexibility index (Phi) is 3.20. The summed E-state index contributed by atoms with van der Waals surface area (Å²) in [7, 11) is 0. The summed E-state index contributed by atoms with van der Waals surface area (Å²) in [5.74, 6) is -1.40. The highest BCUT2D eigenvalue weighted by molar-refractivity contribution is 5.83. The normalized spacial score (nSPS) is 18.5. The molecule has 1 fully saturated rings. The number of phenolic OH excluding ortho intramolecular Hbond substituents is 2. The van der Waals surface area contributed by atoms with Crippen molar-refractivity contribution in [2.24, 2.45) is 0 Å². The molecule has 4 nitrogen and oxygen atoms in total. The first-order valence-corrected chi connectivity index (χ1v) is 6.24. The van der Waals surface area contributed by atoms with E-state index in [0.29, 0.717) is 24.0 Å². The van der Waals surface area contributed by atoms with Crippen LogP contribution in [-0.4, -0.2) is 21.3 Å². The standard InChI is InChI=1S/C14H18O4/c1-9-5-6-10(12(16)11(9)15)14(13(17)18)7-3-2-4-8-14/h5-6,15-16H,2-4,7-8H2,1H3,(H,17,18). The molecule has 1 saturated carbocycles. The minimum Gasteiger partial charge on any atom is -0.504 e. The van der Waals surface area contributed by atoms with E-state index in [-0.39, 0.29) is 11.5 Å². The zero-order chi connectivity index (χ0) is 13.3. The van der Waals surface area contributed by atoms with E-state index >= 15 is 0 Å². The van der Waals surface area contributed by atoms with Gasteiger partial charge >= 0.3 is 5.97 Å². The third-order valence-corrected chi connectivity index (χ3v) is 3.99. The predicted molar refractivity (Wildman–Crippen MR) is 66.9 cm³/mol. The number of aromatic hydroxyl groups is 2. The van der Waals surface area contributed by atoms with Crippen LogP contribution in [0.3, 0.4) is 0 Å². The van der Waals surface area contributed by atoms with Gasteiger partial charge in [0.15, 0.2) is 11.5 Å². The van der Waals surface area contributed by atoms with Crippen LogP contribution in [0.15, 0.2) is 12.1 Å². The molecule has 0 aromatic heterocycles. The van der Waals surface area contributed by atoms with Crippen molar-refractivity contribution in [3.63, 3.8) is 0 Å². The molecule has 1 aromatic rings. The molecule has 0 saturated heterocycles. The SMILES string of the molecule is Cc1ccc(C2(C(=O)O)CCCCC2)c(O)c1O. The van der Waals surface area contributed by atoms with E-state index in [2.05, 4.69) is 0 Å². The Morgan fingerprint density at radius 2 is 1.72 bits per heavy atom. The van der Waals surface area contributed by atoms with Crippen LogP contribution in [0.4, 0.5) is 0 Å². The van der Waals surface area contributed by atoms with E-state index in [1.165, 1.54) is 0 Å². The summed E-state index contributed by atoms with van der Waals surface area (Å²) in [6, 6.07) is 3.29. The number of aliphatic carboxylic acids is 1. The van der Waals surface area contributed by atoms with Gasteiger partial charge in [0, 0.05) is 5.56 Å². The summed E-state index contributed by atoms with van der Waals surface area (Å²) in [5, 5.41) is 29.3. The van der Waals surface area contributed by atoms with E-state index in [1.54, 1.807) is 19.1 Å². The van der Waals surface area contributed by atoms with Crippen LogP contribution in [-0.2, 0) is 10.2 Å².